The Balaban J connectivity index is 2.03. The van der Waals surface area contributed by atoms with Gasteiger partial charge >= 0.3 is 5.97 Å². The number of amides is 1. The number of carbonyl (C=O) groups is 2. The molecule has 2 rings (SSSR count). The van der Waals surface area contributed by atoms with Crippen LogP contribution >= 0.6 is 11.6 Å². The zero-order valence-electron chi connectivity index (χ0n) is 13.5. The molecule has 5 nitrogen and oxygen atoms in total. The third kappa shape index (κ3) is 4.45. The molecule has 1 aromatic rings. The van der Waals surface area contributed by atoms with Crippen LogP contribution in [-0.4, -0.2) is 41.0 Å². The maximum Gasteiger partial charge on any atom is 0.330 e. The quantitative estimate of drug-likeness (QED) is 0.866. The molecule has 2 N–H and O–H groups in total. The van der Waals surface area contributed by atoms with Crippen molar-refractivity contribution < 1.29 is 14.7 Å². The first kappa shape index (κ1) is 17.8. The van der Waals surface area contributed by atoms with Gasteiger partial charge in [-0.25, -0.2) is 4.79 Å². The van der Waals surface area contributed by atoms with Gasteiger partial charge in [0, 0.05) is 22.5 Å². The number of rotatable bonds is 5. The van der Waals surface area contributed by atoms with E-state index in [9.17, 15) is 14.7 Å². The minimum Gasteiger partial charge on any atom is -0.479 e. The first-order valence-corrected chi connectivity index (χ1v) is 8.29. The molecule has 0 unspecified atom stereocenters. The Labute approximate surface area is 141 Å². The van der Waals surface area contributed by atoms with Crippen LogP contribution in [0.5, 0.6) is 0 Å². The zero-order chi connectivity index (χ0) is 17.0. The van der Waals surface area contributed by atoms with Gasteiger partial charge < -0.3 is 15.3 Å². The molecule has 126 valence electrons. The number of carboxylic acid groups (broad SMARTS) is 1. The summed E-state index contributed by atoms with van der Waals surface area (Å²) in [5.74, 6) is -1.46. The van der Waals surface area contributed by atoms with Gasteiger partial charge in [0.1, 0.15) is 0 Å². The Morgan fingerprint density at radius 2 is 1.87 bits per heavy atom. The number of nitrogens with one attached hydrogen (secondary N) is 1. The van der Waals surface area contributed by atoms with E-state index in [0.29, 0.717) is 16.6 Å². The number of benzene rings is 1. The molecule has 1 saturated heterocycles. The fourth-order valence-electron chi connectivity index (χ4n) is 2.92. The fourth-order valence-corrected chi connectivity index (χ4v) is 3.16. The molecule has 23 heavy (non-hydrogen) atoms. The number of carbonyl (C=O) groups excluding carboxylic acids is 1. The minimum atomic E-state index is -1.11. The maximum atomic E-state index is 12.4. The predicted molar refractivity (Wildman–Crippen MR) is 89.4 cm³/mol. The number of hydrogen-bond donors (Lipinski definition) is 2. The highest BCUT2D eigenvalue weighted by molar-refractivity contribution is 6.31. The van der Waals surface area contributed by atoms with E-state index in [-0.39, 0.29) is 11.8 Å². The Morgan fingerprint density at radius 3 is 2.39 bits per heavy atom. The van der Waals surface area contributed by atoms with Gasteiger partial charge in [0.15, 0.2) is 6.04 Å². The molecule has 6 heteroatoms. The van der Waals surface area contributed by atoms with E-state index >= 15 is 0 Å². The molecule has 0 spiro atoms. The molecule has 0 aliphatic carbocycles. The van der Waals surface area contributed by atoms with Crippen molar-refractivity contribution in [3.05, 3.63) is 34.9 Å². The monoisotopic (exact) mass is 338 g/mol. The summed E-state index contributed by atoms with van der Waals surface area (Å²) in [6, 6.07) is 6.05. The Bertz CT molecular complexity index is 569. The molecular weight excluding hydrogens is 316 g/mol. The Hall–Kier alpha value is -1.59. The van der Waals surface area contributed by atoms with Crippen molar-refractivity contribution in [2.24, 2.45) is 5.92 Å². The molecule has 1 heterocycles. The van der Waals surface area contributed by atoms with E-state index in [1.165, 1.54) is 0 Å². The number of halogens is 1. The fraction of sp³-hybridized carbons (Fsp3) is 0.529. The average molecular weight is 339 g/mol. The smallest absolute Gasteiger partial charge is 0.330 e. The van der Waals surface area contributed by atoms with Crippen LogP contribution in [0.3, 0.4) is 0 Å². The van der Waals surface area contributed by atoms with E-state index < -0.39 is 12.0 Å². The van der Waals surface area contributed by atoms with Crippen molar-refractivity contribution in [2.75, 3.05) is 13.1 Å². The maximum absolute atomic E-state index is 12.4. The lowest BCUT2D eigenvalue weighted by molar-refractivity contribution is -0.143. The van der Waals surface area contributed by atoms with Crippen LogP contribution in [-0.2, 0) is 9.59 Å². The van der Waals surface area contributed by atoms with Crippen molar-refractivity contribution in [2.45, 2.75) is 38.8 Å². The molecule has 0 saturated carbocycles. The topological polar surface area (TPSA) is 69.6 Å². The molecule has 1 atom stereocenters. The minimum absolute atomic E-state index is 0.144. The van der Waals surface area contributed by atoms with E-state index in [1.807, 2.05) is 0 Å². The summed E-state index contributed by atoms with van der Waals surface area (Å²) in [6.07, 6.45) is 1.50. The lowest BCUT2D eigenvalue weighted by Crippen LogP contribution is -2.44. The molecule has 1 aromatic carbocycles. The van der Waals surface area contributed by atoms with Gasteiger partial charge in [-0.2, -0.15) is 0 Å². The summed E-state index contributed by atoms with van der Waals surface area (Å²) < 4.78 is 0. The number of piperidine rings is 1. The van der Waals surface area contributed by atoms with Gasteiger partial charge in [-0.3, -0.25) is 4.79 Å². The van der Waals surface area contributed by atoms with Crippen LogP contribution < -0.4 is 5.32 Å². The van der Waals surface area contributed by atoms with Crippen molar-refractivity contribution in [3.63, 3.8) is 0 Å². The second-order valence-corrected chi connectivity index (χ2v) is 6.61. The zero-order valence-corrected chi connectivity index (χ0v) is 14.2. The molecule has 0 aromatic heterocycles. The summed E-state index contributed by atoms with van der Waals surface area (Å²) in [4.78, 5) is 26.3. The number of hydrogen-bond acceptors (Lipinski definition) is 3. The molecule has 1 amide bonds. The SMILES string of the molecule is CC(C)N1CCC(C(=O)N[C@H](C(=O)O)c2ccccc2Cl)CC1. The standard InChI is InChI=1S/C17H23ClN2O3/c1-11(2)20-9-7-12(8-10-20)16(21)19-15(17(22)23)13-5-3-4-6-14(13)18/h3-6,11-12,15H,7-10H2,1-2H3,(H,19,21)(H,22,23)/t15-/m0/s1. The Kier molecular flexibility index (Phi) is 6.02. The van der Waals surface area contributed by atoms with Crippen LogP contribution in [0.2, 0.25) is 5.02 Å². The van der Waals surface area contributed by atoms with Crippen molar-refractivity contribution in [1.29, 1.82) is 0 Å². The lowest BCUT2D eigenvalue weighted by atomic mass is 9.94. The third-order valence-corrected chi connectivity index (χ3v) is 4.72. The van der Waals surface area contributed by atoms with Crippen molar-refractivity contribution >= 4 is 23.5 Å². The van der Waals surface area contributed by atoms with E-state index in [2.05, 4.69) is 24.1 Å². The molecule has 1 aliphatic heterocycles. The second-order valence-electron chi connectivity index (χ2n) is 6.21. The van der Waals surface area contributed by atoms with Gasteiger partial charge in [-0.05, 0) is 45.8 Å². The van der Waals surface area contributed by atoms with Crippen LogP contribution in [0.1, 0.15) is 38.3 Å². The normalized spacial score (nSPS) is 17.9. The Morgan fingerprint density at radius 1 is 1.26 bits per heavy atom. The van der Waals surface area contributed by atoms with Gasteiger partial charge in [0.05, 0.1) is 0 Å². The van der Waals surface area contributed by atoms with E-state index in [1.54, 1.807) is 24.3 Å². The van der Waals surface area contributed by atoms with E-state index in [0.717, 1.165) is 25.9 Å². The van der Waals surface area contributed by atoms with Crippen LogP contribution in [0.4, 0.5) is 0 Å². The van der Waals surface area contributed by atoms with Crippen LogP contribution in [0, 0.1) is 5.92 Å². The molecule has 1 fully saturated rings. The van der Waals surface area contributed by atoms with Crippen molar-refractivity contribution in [3.8, 4) is 0 Å². The number of likely N-dealkylation sites (tertiary alicyclic amines) is 1. The number of aliphatic carboxylic acids is 1. The summed E-state index contributed by atoms with van der Waals surface area (Å²) in [7, 11) is 0. The summed E-state index contributed by atoms with van der Waals surface area (Å²) in [5, 5.41) is 12.4. The molecule has 0 bridgehead atoms. The van der Waals surface area contributed by atoms with Crippen molar-refractivity contribution in [1.82, 2.24) is 10.2 Å². The number of carboxylic acids is 1. The predicted octanol–water partition coefficient (Wildman–Crippen LogP) is 2.70. The second kappa shape index (κ2) is 7.79. The lowest BCUT2D eigenvalue weighted by Gasteiger charge is -2.34. The third-order valence-electron chi connectivity index (χ3n) is 4.38. The molecular formula is C17H23ClN2O3. The van der Waals surface area contributed by atoms with Gasteiger partial charge in [-0.15, -0.1) is 0 Å². The summed E-state index contributed by atoms with van der Waals surface area (Å²) in [5.41, 5.74) is 0.412. The summed E-state index contributed by atoms with van der Waals surface area (Å²) in [6.45, 7) is 6.00. The van der Waals surface area contributed by atoms with Gasteiger partial charge in [-0.1, -0.05) is 29.8 Å². The average Bonchev–Trinajstić information content (AvgIpc) is 2.53. The first-order valence-electron chi connectivity index (χ1n) is 7.91. The number of nitrogens with zero attached hydrogens (tertiary/aromatic N) is 1. The highest BCUT2D eigenvalue weighted by atomic mass is 35.5. The van der Waals surface area contributed by atoms with Crippen LogP contribution in [0.15, 0.2) is 24.3 Å². The highest BCUT2D eigenvalue weighted by Gasteiger charge is 2.30. The van der Waals surface area contributed by atoms with E-state index in [4.69, 9.17) is 11.6 Å². The molecule has 0 radical (unpaired) electrons. The van der Waals surface area contributed by atoms with Gasteiger partial charge in [0.25, 0.3) is 0 Å². The van der Waals surface area contributed by atoms with Crippen LogP contribution in [0.25, 0.3) is 0 Å². The highest BCUT2D eigenvalue weighted by Crippen LogP contribution is 2.25. The largest absolute Gasteiger partial charge is 0.479 e. The van der Waals surface area contributed by atoms with Gasteiger partial charge in [0.2, 0.25) is 5.91 Å². The summed E-state index contributed by atoms with van der Waals surface area (Å²) >= 11 is 6.06. The first-order chi connectivity index (χ1) is 10.9. The molecule has 1 aliphatic rings.